The zero-order valence-electron chi connectivity index (χ0n) is 19.0. The molecule has 1 amide bonds. The summed E-state index contributed by atoms with van der Waals surface area (Å²) >= 11 is 0. The molecule has 176 valence electrons. The molecule has 0 radical (unpaired) electrons. The molecule has 3 rings (SSSR count). The Morgan fingerprint density at radius 1 is 1.06 bits per heavy atom. The topological polar surface area (TPSA) is 91.4 Å². The summed E-state index contributed by atoms with van der Waals surface area (Å²) in [4.78, 5) is 37.9. The maximum absolute atomic E-state index is 12.6. The van der Waals surface area contributed by atoms with E-state index in [0.717, 1.165) is 11.1 Å². The van der Waals surface area contributed by atoms with Crippen LogP contribution in [0, 0.1) is 5.92 Å². The second kappa shape index (κ2) is 11.9. The van der Waals surface area contributed by atoms with Crippen LogP contribution in [0.4, 0.5) is 4.79 Å². The van der Waals surface area contributed by atoms with E-state index in [0.29, 0.717) is 49.2 Å². The van der Waals surface area contributed by atoms with Crippen molar-refractivity contribution in [3.63, 3.8) is 0 Å². The number of carbonyl (C=O) groups excluding carboxylic acids is 3. The summed E-state index contributed by atoms with van der Waals surface area (Å²) in [6, 6.07) is 12.9. The predicted molar refractivity (Wildman–Crippen MR) is 121 cm³/mol. The number of carbonyl (C=O) groups is 3. The molecule has 1 aliphatic heterocycles. The minimum Gasteiger partial charge on any atom is -0.493 e. The summed E-state index contributed by atoms with van der Waals surface area (Å²) in [7, 11) is 2.97. The maximum atomic E-state index is 12.6. The Labute approximate surface area is 193 Å². The quantitative estimate of drug-likeness (QED) is 0.421. The van der Waals surface area contributed by atoms with Crippen molar-refractivity contribution in [3.05, 3.63) is 59.2 Å². The Kier molecular flexibility index (Phi) is 8.69. The number of aldehydes is 1. The van der Waals surface area contributed by atoms with Crippen LogP contribution in [0.3, 0.4) is 0 Å². The average Bonchev–Trinajstić information content (AvgIpc) is 2.87. The highest BCUT2D eigenvalue weighted by Gasteiger charge is 2.30. The highest BCUT2D eigenvalue weighted by Crippen LogP contribution is 2.31. The standard InChI is InChI=1S/C25H29NO7/c1-30-22-14-19(13-21(16-27)23(22)31-2)10-12-32-24(28)20-9-6-11-26(15-20)25(29)33-17-18-7-4-3-5-8-18/h3-5,7-8,13-14,16,20H,6,9-12,15,17H2,1-2H3. The minimum atomic E-state index is -0.428. The van der Waals surface area contributed by atoms with E-state index in [1.165, 1.54) is 14.2 Å². The molecule has 8 nitrogen and oxygen atoms in total. The van der Waals surface area contributed by atoms with Gasteiger partial charge in [0.25, 0.3) is 0 Å². The van der Waals surface area contributed by atoms with Crippen LogP contribution in [0.15, 0.2) is 42.5 Å². The fourth-order valence-corrected chi connectivity index (χ4v) is 3.82. The number of hydrogen-bond donors (Lipinski definition) is 0. The number of ether oxygens (including phenoxy) is 4. The summed E-state index contributed by atoms with van der Waals surface area (Å²) < 4.78 is 21.4. The lowest BCUT2D eigenvalue weighted by atomic mass is 9.98. The van der Waals surface area contributed by atoms with Gasteiger partial charge in [-0.15, -0.1) is 0 Å². The molecule has 0 aromatic heterocycles. The largest absolute Gasteiger partial charge is 0.493 e. The molecule has 2 aromatic rings. The molecule has 0 N–H and O–H groups in total. The number of methoxy groups -OCH3 is 2. The van der Waals surface area contributed by atoms with E-state index in [4.69, 9.17) is 18.9 Å². The Morgan fingerprint density at radius 3 is 2.55 bits per heavy atom. The van der Waals surface area contributed by atoms with Gasteiger partial charge in [0.1, 0.15) is 6.61 Å². The van der Waals surface area contributed by atoms with Gasteiger partial charge in [-0.05, 0) is 36.1 Å². The van der Waals surface area contributed by atoms with E-state index in [1.807, 2.05) is 30.3 Å². The molecule has 33 heavy (non-hydrogen) atoms. The molecule has 0 saturated carbocycles. The zero-order valence-corrected chi connectivity index (χ0v) is 19.0. The first-order chi connectivity index (χ1) is 16.0. The Hall–Kier alpha value is -3.55. The number of piperidine rings is 1. The molecule has 8 heteroatoms. The predicted octanol–water partition coefficient (Wildman–Crippen LogP) is 3.65. The maximum Gasteiger partial charge on any atom is 0.410 e. The first-order valence-electron chi connectivity index (χ1n) is 10.9. The number of likely N-dealkylation sites (tertiary alicyclic amines) is 1. The van der Waals surface area contributed by atoms with Crippen molar-refractivity contribution in [3.8, 4) is 11.5 Å². The first kappa shape index (κ1) is 24.1. The van der Waals surface area contributed by atoms with E-state index in [-0.39, 0.29) is 31.6 Å². The van der Waals surface area contributed by atoms with Crippen LogP contribution >= 0.6 is 0 Å². The number of esters is 1. The molecule has 1 atom stereocenters. The van der Waals surface area contributed by atoms with E-state index in [1.54, 1.807) is 17.0 Å². The van der Waals surface area contributed by atoms with Crippen LogP contribution in [0.2, 0.25) is 0 Å². The fraction of sp³-hybridized carbons (Fsp3) is 0.400. The van der Waals surface area contributed by atoms with Gasteiger partial charge in [-0.3, -0.25) is 9.59 Å². The van der Waals surface area contributed by atoms with Crippen LogP contribution in [0.25, 0.3) is 0 Å². The zero-order chi connectivity index (χ0) is 23.6. The highest BCUT2D eigenvalue weighted by molar-refractivity contribution is 5.81. The molecule has 0 spiro atoms. The third kappa shape index (κ3) is 6.47. The SMILES string of the molecule is COc1cc(CCOC(=O)C2CCCN(C(=O)OCc3ccccc3)C2)cc(C=O)c1OC. The molecule has 2 aromatic carbocycles. The van der Waals surface area contributed by atoms with E-state index in [9.17, 15) is 14.4 Å². The monoisotopic (exact) mass is 455 g/mol. The number of amides is 1. The molecule has 1 aliphatic rings. The van der Waals surface area contributed by atoms with Crippen LogP contribution in [0.5, 0.6) is 11.5 Å². The van der Waals surface area contributed by atoms with E-state index >= 15 is 0 Å². The molecule has 0 aliphatic carbocycles. The Morgan fingerprint density at radius 2 is 1.85 bits per heavy atom. The van der Waals surface area contributed by atoms with E-state index < -0.39 is 6.09 Å². The summed E-state index contributed by atoms with van der Waals surface area (Å²) in [5.41, 5.74) is 2.07. The summed E-state index contributed by atoms with van der Waals surface area (Å²) in [6.07, 6.45) is 2.06. The van der Waals surface area contributed by atoms with Gasteiger partial charge in [-0.2, -0.15) is 0 Å². The van der Waals surface area contributed by atoms with Gasteiger partial charge in [-0.25, -0.2) is 4.79 Å². The number of rotatable bonds is 9. The molecule has 1 saturated heterocycles. The lowest BCUT2D eigenvalue weighted by molar-refractivity contribution is -0.150. The molecular weight excluding hydrogens is 426 g/mol. The summed E-state index contributed by atoms with van der Waals surface area (Å²) in [6.45, 7) is 1.18. The van der Waals surface area contributed by atoms with Gasteiger partial charge >= 0.3 is 12.1 Å². The van der Waals surface area contributed by atoms with Crippen molar-refractivity contribution >= 4 is 18.3 Å². The summed E-state index contributed by atoms with van der Waals surface area (Å²) in [5.74, 6) is 0.0840. The van der Waals surface area contributed by atoms with Gasteiger partial charge in [0.05, 0.1) is 32.3 Å². The van der Waals surface area contributed by atoms with Crippen LogP contribution in [0.1, 0.15) is 34.3 Å². The molecule has 1 fully saturated rings. The van der Waals surface area contributed by atoms with Crippen molar-refractivity contribution in [1.82, 2.24) is 4.90 Å². The number of nitrogens with zero attached hydrogens (tertiary/aromatic N) is 1. The van der Waals surface area contributed by atoms with Gasteiger partial charge < -0.3 is 23.8 Å². The number of benzene rings is 2. The van der Waals surface area contributed by atoms with Crippen molar-refractivity contribution in [2.24, 2.45) is 5.92 Å². The third-order valence-corrected chi connectivity index (χ3v) is 5.55. The van der Waals surface area contributed by atoms with Crippen molar-refractivity contribution in [2.45, 2.75) is 25.9 Å². The lowest BCUT2D eigenvalue weighted by Gasteiger charge is -2.30. The van der Waals surface area contributed by atoms with Crippen molar-refractivity contribution in [1.29, 1.82) is 0 Å². The second-order valence-corrected chi connectivity index (χ2v) is 7.78. The smallest absolute Gasteiger partial charge is 0.410 e. The molecule has 1 unspecified atom stereocenters. The fourth-order valence-electron chi connectivity index (χ4n) is 3.82. The lowest BCUT2D eigenvalue weighted by Crippen LogP contribution is -2.43. The van der Waals surface area contributed by atoms with Gasteiger partial charge in [0.15, 0.2) is 17.8 Å². The van der Waals surface area contributed by atoms with Crippen LogP contribution < -0.4 is 9.47 Å². The average molecular weight is 456 g/mol. The highest BCUT2D eigenvalue weighted by atomic mass is 16.6. The minimum absolute atomic E-state index is 0.154. The van der Waals surface area contributed by atoms with Gasteiger partial charge in [0, 0.05) is 19.5 Å². The van der Waals surface area contributed by atoms with Crippen LogP contribution in [-0.4, -0.2) is 57.2 Å². The summed E-state index contributed by atoms with van der Waals surface area (Å²) in [5, 5.41) is 0. The first-order valence-corrected chi connectivity index (χ1v) is 10.9. The third-order valence-electron chi connectivity index (χ3n) is 5.55. The van der Waals surface area contributed by atoms with Crippen LogP contribution in [-0.2, 0) is 27.3 Å². The Bertz CT molecular complexity index is 961. The molecule has 1 heterocycles. The number of hydrogen-bond acceptors (Lipinski definition) is 7. The van der Waals surface area contributed by atoms with Gasteiger partial charge in [-0.1, -0.05) is 30.3 Å². The Balaban J connectivity index is 1.49. The molecular formula is C25H29NO7. The van der Waals surface area contributed by atoms with Crippen molar-refractivity contribution < 1.29 is 33.3 Å². The van der Waals surface area contributed by atoms with Crippen molar-refractivity contribution in [2.75, 3.05) is 33.9 Å². The second-order valence-electron chi connectivity index (χ2n) is 7.78. The van der Waals surface area contributed by atoms with Gasteiger partial charge in [0.2, 0.25) is 0 Å². The van der Waals surface area contributed by atoms with E-state index in [2.05, 4.69) is 0 Å². The molecule has 0 bridgehead atoms. The normalized spacial score (nSPS) is 15.5.